The largest absolute Gasteiger partial charge is 0.397 e. The molecule has 78 valence electrons. The Kier molecular flexibility index (Phi) is 3.30. The van der Waals surface area contributed by atoms with Gasteiger partial charge in [0.1, 0.15) is 0 Å². The van der Waals surface area contributed by atoms with E-state index in [1.54, 1.807) is 12.1 Å². The van der Waals surface area contributed by atoms with E-state index in [1.807, 2.05) is 13.8 Å². The lowest BCUT2D eigenvalue weighted by Crippen LogP contribution is -2.33. The lowest BCUT2D eigenvalue weighted by molar-refractivity contribution is 0.478. The van der Waals surface area contributed by atoms with Crippen molar-refractivity contribution in [3.63, 3.8) is 0 Å². The molecule has 0 aromatic heterocycles. The number of rotatable bonds is 2. The molecule has 0 aliphatic rings. The van der Waals surface area contributed by atoms with Gasteiger partial charge in [-0.25, -0.2) is 0 Å². The van der Waals surface area contributed by atoms with Crippen molar-refractivity contribution in [3.05, 3.63) is 27.7 Å². The van der Waals surface area contributed by atoms with E-state index in [4.69, 9.17) is 34.7 Å². The van der Waals surface area contributed by atoms with Crippen LogP contribution in [0.25, 0.3) is 0 Å². The molecule has 1 atom stereocenters. The first-order valence-electron chi connectivity index (χ1n) is 4.42. The molecule has 0 fully saturated rings. The Labute approximate surface area is 94.2 Å². The minimum absolute atomic E-state index is 0.456. The van der Waals surface area contributed by atoms with Crippen molar-refractivity contribution >= 4 is 28.9 Å². The van der Waals surface area contributed by atoms with E-state index in [1.165, 1.54) is 0 Å². The maximum absolute atomic E-state index is 6.08. The lowest BCUT2D eigenvalue weighted by Gasteiger charge is -2.25. The van der Waals surface area contributed by atoms with Gasteiger partial charge in [-0.05, 0) is 31.0 Å². The SMILES string of the molecule is CCC(C)(N)c1cc(Cl)cc(Cl)c1N. The quantitative estimate of drug-likeness (QED) is 0.771. The summed E-state index contributed by atoms with van der Waals surface area (Å²) in [5.74, 6) is 0. The maximum Gasteiger partial charge on any atom is 0.0653 e. The summed E-state index contributed by atoms with van der Waals surface area (Å²) < 4.78 is 0. The molecule has 2 nitrogen and oxygen atoms in total. The molecule has 0 spiro atoms. The zero-order valence-electron chi connectivity index (χ0n) is 8.27. The molecule has 0 saturated heterocycles. The van der Waals surface area contributed by atoms with Crippen LogP contribution in [0.5, 0.6) is 0 Å². The van der Waals surface area contributed by atoms with Crippen LogP contribution in [0.3, 0.4) is 0 Å². The number of hydrogen-bond donors (Lipinski definition) is 2. The van der Waals surface area contributed by atoms with Crippen molar-refractivity contribution in [2.45, 2.75) is 25.8 Å². The lowest BCUT2D eigenvalue weighted by atomic mass is 9.89. The third-order valence-corrected chi connectivity index (χ3v) is 2.97. The van der Waals surface area contributed by atoms with Crippen LogP contribution >= 0.6 is 23.2 Å². The highest BCUT2D eigenvalue weighted by Gasteiger charge is 2.23. The first-order chi connectivity index (χ1) is 6.38. The smallest absolute Gasteiger partial charge is 0.0653 e. The first-order valence-corrected chi connectivity index (χ1v) is 5.18. The Morgan fingerprint density at radius 2 is 1.93 bits per heavy atom. The second kappa shape index (κ2) is 3.97. The molecular formula is C10H14Cl2N2. The fourth-order valence-electron chi connectivity index (χ4n) is 1.25. The molecule has 1 rings (SSSR count). The van der Waals surface area contributed by atoms with Crippen molar-refractivity contribution in [2.24, 2.45) is 5.73 Å². The van der Waals surface area contributed by atoms with Crippen LogP contribution in [0.2, 0.25) is 10.0 Å². The number of hydrogen-bond acceptors (Lipinski definition) is 2. The average Bonchev–Trinajstić information content (AvgIpc) is 2.11. The topological polar surface area (TPSA) is 52.0 Å². The van der Waals surface area contributed by atoms with Gasteiger partial charge in [-0.3, -0.25) is 0 Å². The third kappa shape index (κ3) is 2.14. The molecule has 0 radical (unpaired) electrons. The predicted molar refractivity (Wildman–Crippen MR) is 62.7 cm³/mol. The number of anilines is 1. The highest BCUT2D eigenvalue weighted by atomic mass is 35.5. The van der Waals surface area contributed by atoms with Crippen molar-refractivity contribution in [1.29, 1.82) is 0 Å². The van der Waals surface area contributed by atoms with E-state index in [-0.39, 0.29) is 0 Å². The van der Waals surface area contributed by atoms with Crippen molar-refractivity contribution in [2.75, 3.05) is 5.73 Å². The number of benzene rings is 1. The van der Waals surface area contributed by atoms with Crippen LogP contribution in [0.4, 0.5) is 5.69 Å². The molecule has 4 N–H and O–H groups in total. The van der Waals surface area contributed by atoms with E-state index in [9.17, 15) is 0 Å². The van der Waals surface area contributed by atoms with Gasteiger partial charge in [0.05, 0.1) is 10.7 Å². The van der Waals surface area contributed by atoms with Crippen molar-refractivity contribution < 1.29 is 0 Å². The molecule has 0 bridgehead atoms. The van der Waals surface area contributed by atoms with Gasteiger partial charge in [0.2, 0.25) is 0 Å². The van der Waals surface area contributed by atoms with Crippen LogP contribution in [0.1, 0.15) is 25.8 Å². The monoisotopic (exact) mass is 232 g/mol. The van der Waals surface area contributed by atoms with Gasteiger partial charge < -0.3 is 11.5 Å². The predicted octanol–water partition coefficient (Wildman–Crippen LogP) is 3.16. The summed E-state index contributed by atoms with van der Waals surface area (Å²) in [6, 6.07) is 3.39. The number of halogens is 2. The Morgan fingerprint density at radius 3 is 2.43 bits per heavy atom. The molecule has 1 aromatic carbocycles. The molecule has 0 aliphatic heterocycles. The first kappa shape index (κ1) is 11.6. The second-order valence-corrected chi connectivity index (χ2v) is 4.46. The van der Waals surface area contributed by atoms with Gasteiger partial charge >= 0.3 is 0 Å². The van der Waals surface area contributed by atoms with E-state index >= 15 is 0 Å². The zero-order valence-corrected chi connectivity index (χ0v) is 9.78. The molecule has 4 heteroatoms. The second-order valence-electron chi connectivity index (χ2n) is 3.62. The van der Waals surface area contributed by atoms with Gasteiger partial charge in [0, 0.05) is 10.6 Å². The standard InChI is InChI=1S/C10H14Cl2N2/c1-3-10(2,14)7-4-6(11)5-8(12)9(7)13/h4-5H,3,13-14H2,1-2H3. The number of nitrogen functional groups attached to an aromatic ring is 1. The van der Waals surface area contributed by atoms with Crippen molar-refractivity contribution in [3.8, 4) is 0 Å². The molecule has 0 aliphatic carbocycles. The van der Waals surface area contributed by atoms with Gasteiger partial charge in [0.25, 0.3) is 0 Å². The van der Waals surface area contributed by atoms with Gasteiger partial charge in [-0.1, -0.05) is 30.1 Å². The van der Waals surface area contributed by atoms with E-state index in [0.29, 0.717) is 15.7 Å². The summed E-state index contributed by atoms with van der Waals surface area (Å²) in [7, 11) is 0. The van der Waals surface area contributed by atoms with Gasteiger partial charge in [-0.2, -0.15) is 0 Å². The van der Waals surface area contributed by atoms with Crippen molar-refractivity contribution in [1.82, 2.24) is 0 Å². The third-order valence-electron chi connectivity index (χ3n) is 2.44. The summed E-state index contributed by atoms with van der Waals surface area (Å²) in [6.07, 6.45) is 0.772. The van der Waals surface area contributed by atoms with Crippen LogP contribution in [-0.4, -0.2) is 0 Å². The Bertz CT molecular complexity index is 348. The number of nitrogens with two attached hydrogens (primary N) is 2. The molecule has 1 unspecified atom stereocenters. The van der Waals surface area contributed by atoms with Crippen LogP contribution < -0.4 is 11.5 Å². The summed E-state index contributed by atoms with van der Waals surface area (Å²) in [6.45, 7) is 3.90. The molecule has 0 amide bonds. The molecule has 1 aromatic rings. The van der Waals surface area contributed by atoms with Crippen LogP contribution in [-0.2, 0) is 5.54 Å². The summed E-state index contributed by atoms with van der Waals surface area (Å²) in [5.41, 5.74) is 12.8. The molecule has 0 saturated carbocycles. The average molecular weight is 233 g/mol. The summed E-state index contributed by atoms with van der Waals surface area (Å²) in [5, 5.41) is 1.02. The van der Waals surface area contributed by atoms with Crippen LogP contribution in [0.15, 0.2) is 12.1 Å². The molecule has 0 heterocycles. The summed E-state index contributed by atoms with van der Waals surface area (Å²) in [4.78, 5) is 0. The normalized spacial score (nSPS) is 15.2. The zero-order chi connectivity index (χ0) is 10.9. The minimum atomic E-state index is -0.487. The Balaban J connectivity index is 3.34. The molecular weight excluding hydrogens is 219 g/mol. The van der Waals surface area contributed by atoms with Crippen LogP contribution in [0, 0.1) is 0 Å². The fourth-order valence-corrected chi connectivity index (χ4v) is 1.74. The van der Waals surface area contributed by atoms with E-state index in [2.05, 4.69) is 0 Å². The van der Waals surface area contributed by atoms with E-state index < -0.39 is 5.54 Å². The Morgan fingerprint density at radius 1 is 1.36 bits per heavy atom. The molecule has 14 heavy (non-hydrogen) atoms. The maximum atomic E-state index is 6.08. The van der Waals surface area contributed by atoms with E-state index in [0.717, 1.165) is 12.0 Å². The fraction of sp³-hybridized carbons (Fsp3) is 0.400. The highest BCUT2D eigenvalue weighted by molar-refractivity contribution is 6.36. The Hall–Kier alpha value is -0.440. The van der Waals surface area contributed by atoms with Gasteiger partial charge in [-0.15, -0.1) is 0 Å². The van der Waals surface area contributed by atoms with Gasteiger partial charge in [0.15, 0.2) is 0 Å². The highest BCUT2D eigenvalue weighted by Crippen LogP contribution is 2.34. The minimum Gasteiger partial charge on any atom is -0.397 e. The summed E-state index contributed by atoms with van der Waals surface area (Å²) >= 11 is 11.8.